The molecule has 276 valence electrons. The van der Waals surface area contributed by atoms with Gasteiger partial charge in [-0.25, -0.2) is 37.3 Å². The molecule has 1 saturated heterocycles. The SMILES string of the molecule is [Mg+2].[O-][Cl+3]([O-])([O-])[O-].[O-][Cl+3]([O-])([O-])[O-].c1ccc(Cn2cc(C[NH+]3CCC[NH2+]CC[NH+](Cc4cn(Cc5ccccc5)n[nH+]4)CCC[NH2+]CC3)[nH+]n2)cc1. The van der Waals surface area contributed by atoms with Crippen LogP contribution in [-0.2, 0) is 26.2 Å². The number of nitrogens with zero attached hydrogens (tertiary/aromatic N) is 4. The Hall–Kier alpha value is -2.41. The number of H-pyrrole nitrogens is 2. The number of quaternary nitrogens is 4. The number of halogens is 2. The second kappa shape index (κ2) is 24.0. The van der Waals surface area contributed by atoms with Gasteiger partial charge in [-0.15, -0.1) is 40.0 Å². The quantitative estimate of drug-likeness (QED) is 0.123. The molecule has 51 heavy (non-hydrogen) atoms. The number of hydrogen-bond acceptors (Lipinski definition) is 10. The molecular weight excluding hydrogens is 724 g/mol. The van der Waals surface area contributed by atoms with Gasteiger partial charge in [-0.05, 0) is 11.1 Å². The maximum absolute atomic E-state index is 8.49. The molecule has 8 N–H and O–H groups in total. The Labute approximate surface area is 316 Å². The molecule has 21 heteroatoms. The van der Waals surface area contributed by atoms with Gasteiger partial charge in [0.15, 0.2) is 12.4 Å². The third-order valence-electron chi connectivity index (χ3n) is 7.79. The van der Waals surface area contributed by atoms with E-state index in [2.05, 4.69) is 104 Å². The molecule has 2 unspecified atom stereocenters. The zero-order valence-electron chi connectivity index (χ0n) is 28.5. The maximum Gasteiger partial charge on any atom is 2.00 e. The molecule has 1 fully saturated rings. The molecule has 2 aromatic carbocycles. The minimum Gasteiger partial charge on any atom is -0.341 e. The van der Waals surface area contributed by atoms with Crippen LogP contribution in [0.3, 0.4) is 0 Å². The molecule has 0 spiro atoms. The normalized spacial score (nSPS) is 17.8. The van der Waals surface area contributed by atoms with Gasteiger partial charge in [-0.1, -0.05) is 60.7 Å². The van der Waals surface area contributed by atoms with E-state index in [0.29, 0.717) is 0 Å². The number of benzene rings is 2. The Balaban J connectivity index is 0.000000723. The van der Waals surface area contributed by atoms with Crippen LogP contribution >= 0.6 is 0 Å². The van der Waals surface area contributed by atoms with Crippen molar-refractivity contribution in [1.82, 2.24) is 19.8 Å². The minimum absolute atomic E-state index is 0. The Morgan fingerprint density at radius 2 is 0.922 bits per heavy atom. The van der Waals surface area contributed by atoms with Gasteiger partial charge in [0.1, 0.15) is 52.4 Å². The summed E-state index contributed by atoms with van der Waals surface area (Å²) in [4.78, 5) is 3.29. The number of nitrogens with two attached hydrogens (primary N) is 2. The average Bonchev–Trinajstić information content (AvgIpc) is 3.68. The van der Waals surface area contributed by atoms with Gasteiger partial charge in [-0.2, -0.15) is 0 Å². The van der Waals surface area contributed by atoms with Crippen molar-refractivity contribution in [3.05, 3.63) is 95.6 Å². The van der Waals surface area contributed by atoms with E-state index in [0.717, 1.165) is 26.2 Å². The summed E-state index contributed by atoms with van der Waals surface area (Å²) in [7, 11) is -9.89. The fourth-order valence-electron chi connectivity index (χ4n) is 5.64. The first-order valence-electron chi connectivity index (χ1n) is 16.3. The number of nitrogens with one attached hydrogen (secondary N) is 4. The molecule has 0 aliphatic carbocycles. The van der Waals surface area contributed by atoms with Crippen LogP contribution in [0.1, 0.15) is 35.4 Å². The molecule has 3 heterocycles. The summed E-state index contributed by atoms with van der Waals surface area (Å²) < 4.78 is 72.0. The predicted octanol–water partition coefficient (Wildman–Crippen LogP) is -13.7. The first-order chi connectivity index (χ1) is 23.8. The molecule has 4 aromatic rings. The van der Waals surface area contributed by atoms with E-state index in [4.69, 9.17) is 37.3 Å². The van der Waals surface area contributed by atoms with E-state index in [1.54, 1.807) is 9.80 Å². The van der Waals surface area contributed by atoms with Crippen molar-refractivity contribution in [3.8, 4) is 0 Å². The molecular formula is C30H48Cl2MgN10O8+6. The molecule has 18 nitrogen and oxygen atoms in total. The fourth-order valence-corrected chi connectivity index (χ4v) is 5.64. The standard InChI is InChI=1S/C30H42N10.2ClHO4.Mg/c1-3-9-27(10-4-1)21-39-25-29(33-35-39)23-37-17-7-13-32-16-20-38(18-8-14-31-15-19-37)24-30-26-40(36-34-30)22-28-11-5-2-6-12-28;2*2-1(3,4)5;/h1-6,9-12,25-26,31-32H,7-8,13-24H2;2*(H,2,3,4,5);/q;;;+2/p+4. The van der Waals surface area contributed by atoms with Crippen molar-refractivity contribution in [3.63, 3.8) is 0 Å². The van der Waals surface area contributed by atoms with Gasteiger partial charge in [0, 0.05) is 12.8 Å². The number of rotatable bonds is 8. The molecule has 0 bridgehead atoms. The van der Waals surface area contributed by atoms with E-state index in [-0.39, 0.29) is 23.1 Å². The van der Waals surface area contributed by atoms with E-state index >= 15 is 0 Å². The summed E-state index contributed by atoms with van der Waals surface area (Å²) in [6, 6.07) is 21.1. The molecule has 5 rings (SSSR count). The predicted molar refractivity (Wildman–Crippen MR) is 156 cm³/mol. The van der Waals surface area contributed by atoms with Gasteiger partial charge in [0.2, 0.25) is 11.4 Å². The van der Waals surface area contributed by atoms with Crippen LogP contribution in [0.4, 0.5) is 0 Å². The van der Waals surface area contributed by atoms with Crippen molar-refractivity contribution >= 4 is 23.1 Å². The van der Waals surface area contributed by atoms with Gasteiger partial charge in [0.25, 0.3) is 0 Å². The minimum atomic E-state index is -4.94. The third-order valence-corrected chi connectivity index (χ3v) is 7.79. The Kier molecular flexibility index (Phi) is 21.1. The Bertz CT molecular complexity index is 1330. The molecule has 2 atom stereocenters. The van der Waals surface area contributed by atoms with Crippen molar-refractivity contribution in [1.29, 1.82) is 0 Å². The first-order valence-corrected chi connectivity index (χ1v) is 18.8. The topological polar surface area (TPSA) is 290 Å². The second-order valence-corrected chi connectivity index (χ2v) is 13.5. The summed E-state index contributed by atoms with van der Waals surface area (Å²) in [5.74, 6) is 0. The zero-order valence-corrected chi connectivity index (χ0v) is 31.4. The molecule has 0 saturated carbocycles. The average molecular weight is 772 g/mol. The zero-order chi connectivity index (χ0) is 36.2. The Morgan fingerprint density at radius 3 is 1.27 bits per heavy atom. The van der Waals surface area contributed by atoms with Crippen LogP contribution in [0, 0.1) is 20.5 Å². The number of aromatic amines is 2. The monoisotopic (exact) mass is 770 g/mol. The van der Waals surface area contributed by atoms with Gasteiger partial charge in [0.05, 0.1) is 36.6 Å². The van der Waals surface area contributed by atoms with Crippen LogP contribution in [0.2, 0.25) is 0 Å². The van der Waals surface area contributed by atoms with E-state index in [1.165, 1.54) is 87.7 Å². The van der Waals surface area contributed by atoms with Crippen LogP contribution < -0.4 is 67.9 Å². The summed E-state index contributed by atoms with van der Waals surface area (Å²) in [5.41, 5.74) is 4.99. The van der Waals surface area contributed by atoms with Crippen molar-refractivity contribution in [2.24, 2.45) is 0 Å². The summed E-state index contributed by atoms with van der Waals surface area (Å²) >= 11 is 0. The van der Waals surface area contributed by atoms with Crippen molar-refractivity contribution in [2.75, 3.05) is 52.4 Å². The second-order valence-electron chi connectivity index (χ2n) is 11.9. The van der Waals surface area contributed by atoms with E-state index in [9.17, 15) is 0 Å². The molecule has 1 aliphatic rings. The molecule has 0 radical (unpaired) electrons. The third kappa shape index (κ3) is 23.0. The van der Waals surface area contributed by atoms with E-state index in [1.807, 2.05) is 9.36 Å². The largest absolute Gasteiger partial charge is 2.00 e. The summed E-state index contributed by atoms with van der Waals surface area (Å²) in [5, 5.41) is 20.6. The molecule has 0 amide bonds. The fraction of sp³-hybridized carbons (Fsp3) is 0.467. The van der Waals surface area contributed by atoms with Gasteiger partial charge in [-0.3, -0.25) is 0 Å². The smallest absolute Gasteiger partial charge is 0.341 e. The van der Waals surface area contributed by atoms with Crippen LogP contribution in [0.15, 0.2) is 73.1 Å². The van der Waals surface area contributed by atoms with Crippen LogP contribution in [0.25, 0.3) is 0 Å². The number of hydrogen-bond donors (Lipinski definition) is 4. The van der Waals surface area contributed by atoms with Gasteiger partial charge >= 0.3 is 23.1 Å². The Morgan fingerprint density at radius 1 is 0.569 bits per heavy atom. The van der Waals surface area contributed by atoms with Crippen LogP contribution in [0.5, 0.6) is 0 Å². The van der Waals surface area contributed by atoms with Gasteiger partial charge < -0.3 is 20.4 Å². The summed E-state index contributed by atoms with van der Waals surface area (Å²) in [6.45, 7) is 13.1. The van der Waals surface area contributed by atoms with E-state index < -0.39 is 20.5 Å². The van der Waals surface area contributed by atoms with Crippen molar-refractivity contribution < 1.29 is 88.4 Å². The number of aromatic nitrogens is 6. The first kappa shape index (κ1) is 44.7. The van der Waals surface area contributed by atoms with Crippen molar-refractivity contribution in [2.45, 2.75) is 39.0 Å². The summed E-state index contributed by atoms with van der Waals surface area (Å²) in [6.07, 6.45) is 6.84. The molecule has 1 aliphatic heterocycles. The molecule has 2 aromatic heterocycles. The van der Waals surface area contributed by atoms with Crippen LogP contribution in [-0.4, -0.2) is 95.2 Å². The maximum atomic E-state index is 8.49.